The summed E-state index contributed by atoms with van der Waals surface area (Å²) in [6.07, 6.45) is 1.31. The molecule has 0 unspecified atom stereocenters. The van der Waals surface area contributed by atoms with Crippen LogP contribution in [0.4, 0.5) is 16.0 Å². The van der Waals surface area contributed by atoms with E-state index in [4.69, 9.17) is 5.11 Å². The van der Waals surface area contributed by atoms with Crippen LogP contribution in [0.1, 0.15) is 10.4 Å². The Morgan fingerprint density at radius 2 is 1.71 bits per heavy atom. The standard InChI is InChI=1S/C20H20N4O2S2/c25-12-10-17-18(26)24-20(28-17)22-14-7-5-13(6-8-14)9-11-21-19-23-15-3-1-2-4-16(15)27-19/h1-8,25-26H,9-12H2,(H,21,23)(H,22,24). The van der Waals surface area contributed by atoms with E-state index < -0.39 is 0 Å². The molecule has 0 aliphatic heterocycles. The van der Waals surface area contributed by atoms with E-state index in [0.717, 1.165) is 29.3 Å². The maximum absolute atomic E-state index is 9.76. The molecule has 2 aromatic carbocycles. The first-order chi connectivity index (χ1) is 13.7. The largest absolute Gasteiger partial charge is 0.492 e. The van der Waals surface area contributed by atoms with E-state index in [2.05, 4.69) is 38.8 Å². The van der Waals surface area contributed by atoms with E-state index in [-0.39, 0.29) is 12.5 Å². The Morgan fingerprint density at radius 1 is 0.893 bits per heavy atom. The van der Waals surface area contributed by atoms with E-state index in [0.29, 0.717) is 16.4 Å². The van der Waals surface area contributed by atoms with Crippen molar-refractivity contribution in [1.82, 2.24) is 9.97 Å². The summed E-state index contributed by atoms with van der Waals surface area (Å²) in [5.74, 6) is -0.0147. The van der Waals surface area contributed by atoms with Crippen LogP contribution >= 0.6 is 22.7 Å². The molecular weight excluding hydrogens is 392 g/mol. The highest BCUT2D eigenvalue weighted by atomic mass is 32.1. The van der Waals surface area contributed by atoms with Crippen LogP contribution in [-0.2, 0) is 12.8 Å². The molecule has 0 aliphatic carbocycles. The second-order valence-corrected chi connectivity index (χ2v) is 8.34. The Morgan fingerprint density at radius 3 is 2.50 bits per heavy atom. The first-order valence-corrected chi connectivity index (χ1v) is 10.6. The minimum atomic E-state index is -0.0147. The van der Waals surface area contributed by atoms with Gasteiger partial charge in [0.15, 0.2) is 10.3 Å². The van der Waals surface area contributed by atoms with E-state index in [1.54, 1.807) is 11.3 Å². The summed E-state index contributed by atoms with van der Waals surface area (Å²) in [5, 5.41) is 26.9. The van der Waals surface area contributed by atoms with Gasteiger partial charge in [0, 0.05) is 25.3 Å². The van der Waals surface area contributed by atoms with Crippen LogP contribution < -0.4 is 10.6 Å². The molecule has 4 N–H and O–H groups in total. The minimum Gasteiger partial charge on any atom is -0.492 e. The van der Waals surface area contributed by atoms with Crippen molar-refractivity contribution < 1.29 is 10.2 Å². The molecule has 0 radical (unpaired) electrons. The van der Waals surface area contributed by atoms with Crippen LogP contribution in [0.3, 0.4) is 0 Å². The number of aromatic hydroxyl groups is 1. The fourth-order valence-electron chi connectivity index (χ4n) is 2.80. The third-order valence-corrected chi connectivity index (χ3v) is 6.22. The number of nitrogens with one attached hydrogen (secondary N) is 2. The zero-order valence-electron chi connectivity index (χ0n) is 15.1. The number of aliphatic hydroxyl groups excluding tert-OH is 1. The van der Waals surface area contributed by atoms with Gasteiger partial charge in [0.25, 0.3) is 0 Å². The number of fused-ring (bicyclic) bond motifs is 1. The summed E-state index contributed by atoms with van der Waals surface area (Å²) in [4.78, 5) is 9.35. The SMILES string of the molecule is OCCc1sc(Nc2ccc(CCNc3nc4ccccc4s3)cc2)nc1O. The van der Waals surface area contributed by atoms with Crippen molar-refractivity contribution in [3.05, 3.63) is 59.0 Å². The van der Waals surface area contributed by atoms with Gasteiger partial charge in [-0.3, -0.25) is 0 Å². The highest BCUT2D eigenvalue weighted by Crippen LogP contribution is 2.30. The van der Waals surface area contributed by atoms with E-state index in [1.165, 1.54) is 21.6 Å². The van der Waals surface area contributed by atoms with Crippen molar-refractivity contribution in [2.24, 2.45) is 0 Å². The fourth-order valence-corrected chi connectivity index (χ4v) is 4.56. The normalized spacial score (nSPS) is 11.0. The lowest BCUT2D eigenvalue weighted by Gasteiger charge is -2.06. The molecule has 0 amide bonds. The maximum Gasteiger partial charge on any atom is 0.227 e. The minimum absolute atomic E-state index is 0.00502. The zero-order valence-corrected chi connectivity index (χ0v) is 16.7. The van der Waals surface area contributed by atoms with Crippen molar-refractivity contribution in [1.29, 1.82) is 0 Å². The van der Waals surface area contributed by atoms with Gasteiger partial charge >= 0.3 is 0 Å². The van der Waals surface area contributed by atoms with Crippen LogP contribution in [0, 0.1) is 0 Å². The molecule has 28 heavy (non-hydrogen) atoms. The van der Waals surface area contributed by atoms with Gasteiger partial charge in [0.1, 0.15) is 0 Å². The van der Waals surface area contributed by atoms with Crippen molar-refractivity contribution in [2.75, 3.05) is 23.8 Å². The Labute approximate surface area is 170 Å². The number of benzene rings is 2. The number of rotatable bonds is 8. The Hall–Kier alpha value is -2.68. The first kappa shape index (κ1) is 18.7. The number of aliphatic hydroxyl groups is 1. The molecule has 4 rings (SSSR count). The van der Waals surface area contributed by atoms with Gasteiger partial charge in [-0.1, -0.05) is 46.9 Å². The van der Waals surface area contributed by atoms with Crippen molar-refractivity contribution in [3.63, 3.8) is 0 Å². The highest BCUT2D eigenvalue weighted by molar-refractivity contribution is 7.22. The molecule has 6 nitrogen and oxygen atoms in total. The Bertz CT molecular complexity index is 1030. The predicted molar refractivity (Wildman–Crippen MR) is 116 cm³/mol. The lowest BCUT2D eigenvalue weighted by atomic mass is 10.1. The quantitative estimate of drug-likeness (QED) is 0.343. The lowest BCUT2D eigenvalue weighted by Crippen LogP contribution is -2.04. The summed E-state index contributed by atoms with van der Waals surface area (Å²) in [6, 6.07) is 16.3. The first-order valence-electron chi connectivity index (χ1n) is 8.96. The molecule has 0 fully saturated rings. The van der Waals surface area contributed by atoms with Gasteiger partial charge in [-0.25, -0.2) is 4.98 Å². The van der Waals surface area contributed by atoms with Gasteiger partial charge in [-0.05, 0) is 36.2 Å². The Balaban J connectivity index is 1.31. The number of thiazole rings is 2. The average Bonchev–Trinajstić information content (AvgIpc) is 3.26. The number of para-hydroxylation sites is 1. The maximum atomic E-state index is 9.76. The number of nitrogens with zero attached hydrogens (tertiary/aromatic N) is 2. The smallest absolute Gasteiger partial charge is 0.227 e. The van der Waals surface area contributed by atoms with Gasteiger partial charge in [0.2, 0.25) is 5.88 Å². The van der Waals surface area contributed by atoms with Gasteiger partial charge in [-0.2, -0.15) is 4.98 Å². The molecule has 144 valence electrons. The number of hydrogen-bond donors (Lipinski definition) is 4. The molecule has 0 bridgehead atoms. The van der Waals surface area contributed by atoms with Crippen molar-refractivity contribution in [3.8, 4) is 5.88 Å². The molecule has 4 aromatic rings. The summed E-state index contributed by atoms with van der Waals surface area (Å²) in [5.41, 5.74) is 3.16. The van der Waals surface area contributed by atoms with Crippen LogP contribution in [0.5, 0.6) is 5.88 Å². The topological polar surface area (TPSA) is 90.3 Å². The molecule has 2 heterocycles. The number of hydrogen-bond acceptors (Lipinski definition) is 8. The van der Waals surface area contributed by atoms with E-state index in [9.17, 15) is 5.11 Å². The highest BCUT2D eigenvalue weighted by Gasteiger charge is 2.09. The third kappa shape index (κ3) is 4.41. The van der Waals surface area contributed by atoms with Gasteiger partial charge < -0.3 is 20.8 Å². The zero-order chi connectivity index (χ0) is 19.3. The molecule has 0 spiro atoms. The summed E-state index contributed by atoms with van der Waals surface area (Å²) in [6.45, 7) is 0.812. The number of anilines is 3. The summed E-state index contributed by atoms with van der Waals surface area (Å²) in [7, 11) is 0. The van der Waals surface area contributed by atoms with Crippen LogP contribution in [0.15, 0.2) is 48.5 Å². The molecule has 8 heteroatoms. The van der Waals surface area contributed by atoms with Crippen LogP contribution in [-0.4, -0.2) is 33.3 Å². The lowest BCUT2D eigenvalue weighted by molar-refractivity contribution is 0.298. The number of aromatic nitrogens is 2. The van der Waals surface area contributed by atoms with Crippen LogP contribution in [0.2, 0.25) is 0 Å². The van der Waals surface area contributed by atoms with Crippen LogP contribution in [0.25, 0.3) is 10.2 Å². The third-order valence-electron chi connectivity index (χ3n) is 4.20. The van der Waals surface area contributed by atoms with E-state index in [1.807, 2.05) is 30.3 Å². The molecule has 2 aromatic heterocycles. The molecule has 0 aliphatic rings. The molecular formula is C20H20N4O2S2. The monoisotopic (exact) mass is 412 g/mol. The predicted octanol–water partition coefficient (Wildman–Crippen LogP) is 4.39. The van der Waals surface area contributed by atoms with Crippen molar-refractivity contribution in [2.45, 2.75) is 12.8 Å². The molecule has 0 atom stereocenters. The molecule has 0 saturated carbocycles. The van der Waals surface area contributed by atoms with Crippen molar-refractivity contribution >= 4 is 48.8 Å². The fraction of sp³-hybridized carbons (Fsp3) is 0.200. The second kappa shape index (κ2) is 8.55. The van der Waals surface area contributed by atoms with Gasteiger partial charge in [-0.15, -0.1) is 0 Å². The van der Waals surface area contributed by atoms with E-state index >= 15 is 0 Å². The summed E-state index contributed by atoms with van der Waals surface area (Å²) < 4.78 is 1.19. The Kier molecular flexibility index (Phi) is 5.70. The summed E-state index contributed by atoms with van der Waals surface area (Å²) >= 11 is 3.02. The second-order valence-electron chi connectivity index (χ2n) is 6.22. The average molecular weight is 413 g/mol. The molecule has 0 saturated heterocycles. The van der Waals surface area contributed by atoms with Gasteiger partial charge in [0.05, 0.1) is 15.1 Å².